The number of halogens is 2. The molecule has 7 nitrogen and oxygen atoms in total. The molecule has 3 heterocycles. The third-order valence-corrected chi connectivity index (χ3v) is 7.90. The molecular weight excluding hydrogens is 430 g/mol. The molecule has 2 aliphatic heterocycles. The number of carbonyl (C=O) groups is 2. The van der Waals surface area contributed by atoms with Gasteiger partial charge in [-0.25, -0.2) is 18.6 Å². The SMILES string of the molecule is CCOC(=O)N1CC2(CC[C@@H](N3CCN(c4ncccc4C(=O)C4CC(F)(F)C4)CC3)C2)C1. The van der Waals surface area contributed by atoms with Gasteiger partial charge in [-0.05, 0) is 38.3 Å². The van der Waals surface area contributed by atoms with E-state index in [-0.39, 0.29) is 30.1 Å². The summed E-state index contributed by atoms with van der Waals surface area (Å²) in [6, 6.07) is 3.94. The average molecular weight is 463 g/mol. The molecule has 4 fully saturated rings. The summed E-state index contributed by atoms with van der Waals surface area (Å²) in [6.07, 6.45) is 4.13. The summed E-state index contributed by atoms with van der Waals surface area (Å²) >= 11 is 0. The molecule has 2 saturated heterocycles. The molecule has 0 bridgehead atoms. The summed E-state index contributed by atoms with van der Waals surface area (Å²) in [4.78, 5) is 35.7. The van der Waals surface area contributed by atoms with E-state index in [1.54, 1.807) is 23.2 Å². The number of piperazine rings is 1. The third kappa shape index (κ3) is 4.32. The second kappa shape index (κ2) is 8.49. The fourth-order valence-corrected chi connectivity index (χ4v) is 6.09. The van der Waals surface area contributed by atoms with E-state index in [4.69, 9.17) is 4.74 Å². The minimum Gasteiger partial charge on any atom is -0.450 e. The van der Waals surface area contributed by atoms with Crippen LogP contribution in [0.25, 0.3) is 0 Å². The zero-order valence-corrected chi connectivity index (χ0v) is 19.1. The molecule has 2 aliphatic carbocycles. The molecule has 2 saturated carbocycles. The van der Waals surface area contributed by atoms with E-state index >= 15 is 0 Å². The van der Waals surface area contributed by atoms with Crippen molar-refractivity contribution in [2.45, 2.75) is 51.0 Å². The zero-order chi connectivity index (χ0) is 23.2. The maximum atomic E-state index is 13.3. The van der Waals surface area contributed by atoms with E-state index in [9.17, 15) is 18.4 Å². The number of hydrogen-bond donors (Lipinski definition) is 0. The Morgan fingerprint density at radius 3 is 2.55 bits per heavy atom. The van der Waals surface area contributed by atoms with Gasteiger partial charge in [0.05, 0.1) is 12.2 Å². The molecule has 33 heavy (non-hydrogen) atoms. The van der Waals surface area contributed by atoms with Gasteiger partial charge in [0, 0.05) is 75.7 Å². The molecule has 0 N–H and O–H groups in total. The second-order valence-corrected chi connectivity index (χ2v) is 10.2. The molecule has 0 radical (unpaired) electrons. The van der Waals surface area contributed by atoms with E-state index in [0.29, 0.717) is 24.0 Å². The minimum absolute atomic E-state index is 0.202. The van der Waals surface area contributed by atoms with Crippen molar-refractivity contribution in [1.82, 2.24) is 14.8 Å². The van der Waals surface area contributed by atoms with Crippen molar-refractivity contribution in [2.75, 3.05) is 50.8 Å². The monoisotopic (exact) mass is 462 g/mol. The molecule has 1 atom stereocenters. The Kier molecular flexibility index (Phi) is 5.79. The molecule has 180 valence electrons. The first-order valence-corrected chi connectivity index (χ1v) is 12.1. The number of aromatic nitrogens is 1. The van der Waals surface area contributed by atoms with E-state index in [2.05, 4.69) is 14.8 Å². The summed E-state index contributed by atoms with van der Waals surface area (Å²) in [6.45, 7) is 7.11. The van der Waals surface area contributed by atoms with Crippen molar-refractivity contribution < 1.29 is 23.1 Å². The molecule has 4 aliphatic rings. The molecule has 0 aromatic carbocycles. The van der Waals surface area contributed by atoms with Gasteiger partial charge in [0.1, 0.15) is 5.82 Å². The predicted octanol–water partition coefficient (Wildman–Crippen LogP) is 3.44. The van der Waals surface area contributed by atoms with Gasteiger partial charge in [0.15, 0.2) is 5.78 Å². The highest BCUT2D eigenvalue weighted by molar-refractivity contribution is 6.02. The van der Waals surface area contributed by atoms with Gasteiger partial charge < -0.3 is 14.5 Å². The number of anilines is 1. The number of alkyl halides is 2. The van der Waals surface area contributed by atoms with E-state index < -0.39 is 11.8 Å². The number of nitrogens with zero attached hydrogens (tertiary/aromatic N) is 4. The standard InChI is InChI=1S/C24H32F2N4O3/c1-2-33-22(32)30-15-23(16-30)6-5-18(14-23)28-8-10-29(11-9-28)21-19(4-3-7-27-21)20(31)17-12-24(25,26)13-17/h3-4,7,17-18H,2,5-6,8-16H2,1H3/t18-/m1/s1. The van der Waals surface area contributed by atoms with Gasteiger partial charge >= 0.3 is 6.09 Å². The van der Waals surface area contributed by atoms with Crippen LogP contribution in [0.4, 0.5) is 19.4 Å². The number of rotatable bonds is 5. The van der Waals surface area contributed by atoms with Gasteiger partial charge in [-0.15, -0.1) is 0 Å². The smallest absolute Gasteiger partial charge is 0.409 e. The Labute approximate surface area is 193 Å². The van der Waals surface area contributed by atoms with Crippen molar-refractivity contribution in [3.05, 3.63) is 23.9 Å². The van der Waals surface area contributed by atoms with Gasteiger partial charge in [0.25, 0.3) is 0 Å². The quantitative estimate of drug-likeness (QED) is 0.625. The number of amides is 1. The number of ether oxygens (including phenoxy) is 1. The normalized spacial score (nSPS) is 26.7. The summed E-state index contributed by atoms with van der Waals surface area (Å²) in [5.74, 6) is -2.89. The number of pyridine rings is 1. The highest BCUT2D eigenvalue weighted by Crippen LogP contribution is 2.47. The molecule has 1 aromatic rings. The molecule has 1 aromatic heterocycles. The lowest BCUT2D eigenvalue weighted by Gasteiger charge is -2.48. The first kappa shape index (κ1) is 22.5. The maximum Gasteiger partial charge on any atom is 0.409 e. The average Bonchev–Trinajstić information content (AvgIpc) is 3.22. The fourth-order valence-electron chi connectivity index (χ4n) is 6.09. The largest absolute Gasteiger partial charge is 0.450 e. The van der Waals surface area contributed by atoms with Crippen LogP contribution in [0.5, 0.6) is 0 Å². The minimum atomic E-state index is -2.71. The number of carbonyl (C=O) groups excluding carboxylic acids is 2. The maximum absolute atomic E-state index is 13.3. The van der Waals surface area contributed by atoms with Crippen LogP contribution in [0.2, 0.25) is 0 Å². The zero-order valence-electron chi connectivity index (χ0n) is 19.1. The van der Waals surface area contributed by atoms with Crippen LogP contribution >= 0.6 is 0 Å². The van der Waals surface area contributed by atoms with Crippen LogP contribution < -0.4 is 4.90 Å². The van der Waals surface area contributed by atoms with Gasteiger partial charge in [-0.1, -0.05) is 0 Å². The van der Waals surface area contributed by atoms with Crippen LogP contribution in [0.3, 0.4) is 0 Å². The molecule has 5 rings (SSSR count). The summed E-state index contributed by atoms with van der Waals surface area (Å²) in [5.41, 5.74) is 0.708. The third-order valence-electron chi connectivity index (χ3n) is 7.90. The van der Waals surface area contributed by atoms with Crippen LogP contribution in [-0.2, 0) is 4.74 Å². The summed E-state index contributed by atoms with van der Waals surface area (Å²) in [5, 5.41) is 0. The number of ketones is 1. The Balaban J connectivity index is 1.15. The lowest BCUT2D eigenvalue weighted by molar-refractivity contribution is -0.0982. The van der Waals surface area contributed by atoms with Crippen LogP contribution in [0.15, 0.2) is 18.3 Å². The lowest BCUT2D eigenvalue weighted by atomic mass is 9.76. The Morgan fingerprint density at radius 2 is 1.88 bits per heavy atom. The van der Waals surface area contributed by atoms with Crippen molar-refractivity contribution in [2.24, 2.45) is 11.3 Å². The Morgan fingerprint density at radius 1 is 1.15 bits per heavy atom. The van der Waals surface area contributed by atoms with Crippen molar-refractivity contribution in [1.29, 1.82) is 0 Å². The van der Waals surface area contributed by atoms with Crippen LogP contribution in [-0.4, -0.2) is 84.5 Å². The Hall–Kier alpha value is -2.29. The number of hydrogen-bond acceptors (Lipinski definition) is 6. The van der Waals surface area contributed by atoms with Gasteiger partial charge in [-0.2, -0.15) is 0 Å². The highest BCUT2D eigenvalue weighted by Gasteiger charge is 2.51. The first-order valence-electron chi connectivity index (χ1n) is 12.1. The second-order valence-electron chi connectivity index (χ2n) is 10.2. The molecule has 1 spiro atoms. The topological polar surface area (TPSA) is 66.0 Å². The first-order chi connectivity index (χ1) is 15.8. The fraction of sp³-hybridized carbons (Fsp3) is 0.708. The van der Waals surface area contributed by atoms with Gasteiger partial charge in [-0.3, -0.25) is 9.69 Å². The number of likely N-dealkylation sites (tertiary alicyclic amines) is 1. The van der Waals surface area contributed by atoms with E-state index in [0.717, 1.165) is 58.5 Å². The van der Waals surface area contributed by atoms with E-state index in [1.807, 2.05) is 6.92 Å². The lowest BCUT2D eigenvalue weighted by Crippen LogP contribution is -2.58. The molecular formula is C24H32F2N4O3. The molecule has 9 heteroatoms. The van der Waals surface area contributed by atoms with Crippen molar-refractivity contribution >= 4 is 17.7 Å². The van der Waals surface area contributed by atoms with Crippen molar-refractivity contribution in [3.63, 3.8) is 0 Å². The van der Waals surface area contributed by atoms with E-state index in [1.165, 1.54) is 0 Å². The van der Waals surface area contributed by atoms with Crippen LogP contribution in [0, 0.1) is 11.3 Å². The summed E-state index contributed by atoms with van der Waals surface area (Å²) in [7, 11) is 0. The molecule has 1 amide bonds. The summed E-state index contributed by atoms with van der Waals surface area (Å²) < 4.78 is 31.7. The molecule has 0 unspecified atom stereocenters. The Bertz CT molecular complexity index is 905. The van der Waals surface area contributed by atoms with Crippen molar-refractivity contribution in [3.8, 4) is 0 Å². The van der Waals surface area contributed by atoms with Gasteiger partial charge in [0.2, 0.25) is 5.92 Å². The van der Waals surface area contributed by atoms with Crippen LogP contribution in [0.1, 0.15) is 49.4 Å². The predicted molar refractivity (Wildman–Crippen MR) is 119 cm³/mol. The highest BCUT2D eigenvalue weighted by atomic mass is 19.3. The number of Topliss-reactive ketones (excluding diaryl/α,β-unsaturated/α-hetero) is 1.